The van der Waals surface area contributed by atoms with Crippen LogP contribution in [0, 0.1) is 6.92 Å². The van der Waals surface area contributed by atoms with E-state index < -0.39 is 0 Å². The highest BCUT2D eigenvalue weighted by Gasteiger charge is 2.14. The van der Waals surface area contributed by atoms with E-state index in [1.165, 1.54) is 22.2 Å². The molecule has 0 amide bonds. The standard InChI is InChI=1S/C9H12BrNS/c1-6-7-2-4-11-5-3-8(7)12-9(6)10/h11H,2-5H2,1H3. The molecule has 2 rings (SSSR count). The maximum Gasteiger partial charge on any atom is 0.0733 e. The minimum Gasteiger partial charge on any atom is -0.316 e. The summed E-state index contributed by atoms with van der Waals surface area (Å²) in [5.41, 5.74) is 3.04. The second kappa shape index (κ2) is 3.48. The Morgan fingerprint density at radius 3 is 2.92 bits per heavy atom. The zero-order valence-corrected chi connectivity index (χ0v) is 9.52. The van der Waals surface area contributed by atoms with Crippen LogP contribution in [0.5, 0.6) is 0 Å². The fourth-order valence-electron chi connectivity index (χ4n) is 1.64. The Bertz CT molecular complexity index is 293. The van der Waals surface area contributed by atoms with Crippen LogP contribution >= 0.6 is 27.3 Å². The van der Waals surface area contributed by atoms with Gasteiger partial charge < -0.3 is 5.32 Å². The molecule has 0 saturated heterocycles. The number of thiophene rings is 1. The van der Waals surface area contributed by atoms with Crippen LogP contribution in [0.3, 0.4) is 0 Å². The molecule has 0 radical (unpaired) electrons. The largest absolute Gasteiger partial charge is 0.316 e. The first-order valence-corrected chi connectivity index (χ1v) is 5.87. The van der Waals surface area contributed by atoms with Gasteiger partial charge in [0.05, 0.1) is 3.79 Å². The summed E-state index contributed by atoms with van der Waals surface area (Å²) >= 11 is 5.51. The van der Waals surface area contributed by atoms with Gasteiger partial charge in [-0.05, 0) is 59.9 Å². The van der Waals surface area contributed by atoms with Crippen molar-refractivity contribution in [2.45, 2.75) is 19.8 Å². The molecule has 1 aromatic rings. The lowest BCUT2D eigenvalue weighted by Crippen LogP contribution is -2.16. The van der Waals surface area contributed by atoms with Crippen LogP contribution in [-0.2, 0) is 12.8 Å². The minimum atomic E-state index is 1.14. The Morgan fingerprint density at radius 2 is 2.08 bits per heavy atom. The first-order valence-electron chi connectivity index (χ1n) is 4.26. The second-order valence-corrected chi connectivity index (χ2v) is 5.58. The van der Waals surface area contributed by atoms with Gasteiger partial charge in [0.25, 0.3) is 0 Å². The Hall–Kier alpha value is 0.140. The zero-order chi connectivity index (χ0) is 8.55. The van der Waals surface area contributed by atoms with Crippen molar-refractivity contribution < 1.29 is 0 Å². The molecule has 0 saturated carbocycles. The van der Waals surface area contributed by atoms with E-state index in [0.717, 1.165) is 13.1 Å². The quantitative estimate of drug-likeness (QED) is 0.741. The average Bonchev–Trinajstić information content (AvgIpc) is 2.30. The molecule has 0 aromatic carbocycles. The third-order valence-electron chi connectivity index (χ3n) is 2.38. The summed E-state index contributed by atoms with van der Waals surface area (Å²) < 4.78 is 1.33. The summed E-state index contributed by atoms with van der Waals surface area (Å²) in [4.78, 5) is 1.57. The first kappa shape index (κ1) is 8.73. The molecular formula is C9H12BrNS. The number of hydrogen-bond donors (Lipinski definition) is 1. The van der Waals surface area contributed by atoms with E-state index in [0.29, 0.717) is 0 Å². The monoisotopic (exact) mass is 245 g/mol. The van der Waals surface area contributed by atoms with Crippen LogP contribution in [0.1, 0.15) is 16.0 Å². The summed E-state index contributed by atoms with van der Waals surface area (Å²) in [5.74, 6) is 0. The molecule has 12 heavy (non-hydrogen) atoms. The molecule has 0 aliphatic carbocycles. The van der Waals surface area contributed by atoms with E-state index in [4.69, 9.17) is 0 Å². The van der Waals surface area contributed by atoms with E-state index in [1.54, 1.807) is 10.4 Å². The Kier molecular flexibility index (Phi) is 2.53. The van der Waals surface area contributed by atoms with Crippen molar-refractivity contribution >= 4 is 27.3 Å². The first-order chi connectivity index (χ1) is 5.79. The number of fused-ring (bicyclic) bond motifs is 1. The van der Waals surface area contributed by atoms with Gasteiger partial charge in [0.15, 0.2) is 0 Å². The zero-order valence-electron chi connectivity index (χ0n) is 7.11. The average molecular weight is 246 g/mol. The molecule has 0 fully saturated rings. The molecule has 1 N–H and O–H groups in total. The van der Waals surface area contributed by atoms with Crippen molar-refractivity contribution in [3.8, 4) is 0 Å². The molecule has 2 heterocycles. The SMILES string of the molecule is Cc1c(Br)sc2c1CCNCC2. The molecule has 0 bridgehead atoms. The second-order valence-electron chi connectivity index (χ2n) is 3.15. The van der Waals surface area contributed by atoms with Crippen molar-refractivity contribution in [1.29, 1.82) is 0 Å². The van der Waals surface area contributed by atoms with Crippen LogP contribution in [0.25, 0.3) is 0 Å². The van der Waals surface area contributed by atoms with E-state index >= 15 is 0 Å². The lowest BCUT2D eigenvalue weighted by molar-refractivity contribution is 0.711. The molecule has 1 aliphatic heterocycles. The fourth-order valence-corrected chi connectivity index (χ4v) is 3.54. The minimum absolute atomic E-state index is 1.14. The van der Waals surface area contributed by atoms with Gasteiger partial charge in [-0.25, -0.2) is 0 Å². The molecule has 0 spiro atoms. The summed E-state index contributed by atoms with van der Waals surface area (Å²) in [6.45, 7) is 4.49. The Labute approximate surface area is 85.3 Å². The summed E-state index contributed by atoms with van der Waals surface area (Å²) in [6.07, 6.45) is 2.40. The topological polar surface area (TPSA) is 12.0 Å². The molecule has 0 atom stereocenters. The van der Waals surface area contributed by atoms with E-state index in [2.05, 4.69) is 28.2 Å². The molecule has 0 unspecified atom stereocenters. The molecule has 1 aromatic heterocycles. The Balaban J connectivity index is 2.42. The number of nitrogens with one attached hydrogen (secondary N) is 1. The third kappa shape index (κ3) is 1.45. The fraction of sp³-hybridized carbons (Fsp3) is 0.556. The normalized spacial score (nSPS) is 17.2. The van der Waals surface area contributed by atoms with Crippen molar-refractivity contribution in [3.05, 3.63) is 19.8 Å². The van der Waals surface area contributed by atoms with Gasteiger partial charge >= 0.3 is 0 Å². The number of rotatable bonds is 0. The highest BCUT2D eigenvalue weighted by Crippen LogP contribution is 2.33. The molecular weight excluding hydrogens is 234 g/mol. The lowest BCUT2D eigenvalue weighted by Gasteiger charge is -1.98. The number of hydrogen-bond acceptors (Lipinski definition) is 2. The van der Waals surface area contributed by atoms with E-state index in [-0.39, 0.29) is 0 Å². The van der Waals surface area contributed by atoms with Gasteiger partial charge in [-0.15, -0.1) is 11.3 Å². The van der Waals surface area contributed by atoms with E-state index in [9.17, 15) is 0 Å². The van der Waals surface area contributed by atoms with Crippen molar-refractivity contribution in [2.24, 2.45) is 0 Å². The lowest BCUT2D eigenvalue weighted by atomic mass is 10.1. The third-order valence-corrected chi connectivity index (χ3v) is 4.64. The highest BCUT2D eigenvalue weighted by atomic mass is 79.9. The number of halogens is 1. The maximum absolute atomic E-state index is 3.60. The predicted octanol–water partition coefficient (Wildman–Crippen LogP) is 2.51. The van der Waals surface area contributed by atoms with Gasteiger partial charge in [-0.2, -0.15) is 0 Å². The van der Waals surface area contributed by atoms with Crippen LogP contribution in [0.15, 0.2) is 3.79 Å². The molecule has 3 heteroatoms. The molecule has 1 aliphatic rings. The van der Waals surface area contributed by atoms with Gasteiger partial charge in [-0.3, -0.25) is 0 Å². The van der Waals surface area contributed by atoms with Crippen LogP contribution in [0.4, 0.5) is 0 Å². The van der Waals surface area contributed by atoms with E-state index in [1.807, 2.05) is 11.3 Å². The Morgan fingerprint density at radius 1 is 1.33 bits per heavy atom. The van der Waals surface area contributed by atoms with Crippen molar-refractivity contribution in [2.75, 3.05) is 13.1 Å². The van der Waals surface area contributed by atoms with Crippen LogP contribution in [0.2, 0.25) is 0 Å². The predicted molar refractivity (Wildman–Crippen MR) is 57.0 cm³/mol. The summed E-state index contributed by atoms with van der Waals surface area (Å²) in [7, 11) is 0. The molecule has 66 valence electrons. The highest BCUT2D eigenvalue weighted by molar-refractivity contribution is 9.11. The van der Waals surface area contributed by atoms with Crippen LogP contribution in [-0.4, -0.2) is 13.1 Å². The summed E-state index contributed by atoms with van der Waals surface area (Å²) in [5, 5.41) is 3.42. The van der Waals surface area contributed by atoms with Crippen LogP contribution < -0.4 is 5.32 Å². The smallest absolute Gasteiger partial charge is 0.0733 e. The van der Waals surface area contributed by atoms with Gasteiger partial charge in [-0.1, -0.05) is 0 Å². The van der Waals surface area contributed by atoms with Gasteiger partial charge in [0.1, 0.15) is 0 Å². The van der Waals surface area contributed by atoms with Gasteiger partial charge in [0, 0.05) is 4.88 Å². The van der Waals surface area contributed by atoms with Crippen molar-refractivity contribution in [1.82, 2.24) is 5.32 Å². The maximum atomic E-state index is 3.60. The van der Waals surface area contributed by atoms with Crippen molar-refractivity contribution in [3.63, 3.8) is 0 Å². The van der Waals surface area contributed by atoms with Gasteiger partial charge in [0.2, 0.25) is 0 Å². The molecule has 1 nitrogen and oxygen atoms in total. The summed E-state index contributed by atoms with van der Waals surface area (Å²) in [6, 6.07) is 0.